The van der Waals surface area contributed by atoms with Crippen LogP contribution in [0.3, 0.4) is 0 Å². The Morgan fingerprint density at radius 1 is 1.14 bits per heavy atom. The molecule has 2 fully saturated rings. The zero-order valence-corrected chi connectivity index (χ0v) is 14.2. The van der Waals surface area contributed by atoms with E-state index in [1.54, 1.807) is 0 Å². The molecule has 21 heavy (non-hydrogen) atoms. The number of Topliss-reactive ketones (excluding diaryl/α,β-unsaturated/α-hetero) is 1. The summed E-state index contributed by atoms with van der Waals surface area (Å²) in [5.74, 6) is 0.454. The van der Waals surface area contributed by atoms with Gasteiger partial charge in [-0.3, -0.25) is 9.69 Å². The molecule has 0 aromatic carbocycles. The number of ketones is 1. The van der Waals surface area contributed by atoms with E-state index in [1.165, 1.54) is 32.4 Å². The van der Waals surface area contributed by atoms with Crippen LogP contribution in [-0.4, -0.2) is 78.9 Å². The number of carbonyl (C=O) groups excluding carboxylic acids is 1. The number of rotatable bonds is 6. The van der Waals surface area contributed by atoms with Crippen molar-refractivity contribution in [2.75, 3.05) is 46.3 Å². The van der Waals surface area contributed by atoms with E-state index < -0.39 is 0 Å². The van der Waals surface area contributed by atoms with Crippen LogP contribution in [0.15, 0.2) is 0 Å². The van der Waals surface area contributed by atoms with Gasteiger partial charge < -0.3 is 9.80 Å². The summed E-state index contributed by atoms with van der Waals surface area (Å²) in [5, 5.41) is 0. The van der Waals surface area contributed by atoms with E-state index in [9.17, 15) is 4.79 Å². The Kier molecular flexibility index (Phi) is 6.65. The summed E-state index contributed by atoms with van der Waals surface area (Å²) in [6.07, 6.45) is 5.50. The van der Waals surface area contributed by atoms with Crippen molar-refractivity contribution in [1.82, 2.24) is 14.7 Å². The maximum atomic E-state index is 11.8. The van der Waals surface area contributed by atoms with Gasteiger partial charge in [-0.1, -0.05) is 20.3 Å². The molecule has 4 heteroatoms. The Labute approximate surface area is 130 Å². The first-order valence-corrected chi connectivity index (χ1v) is 8.82. The summed E-state index contributed by atoms with van der Waals surface area (Å²) >= 11 is 0. The molecular weight excluding hydrogens is 262 g/mol. The van der Waals surface area contributed by atoms with E-state index in [0.29, 0.717) is 17.9 Å². The van der Waals surface area contributed by atoms with Crippen LogP contribution in [0.4, 0.5) is 0 Å². The Morgan fingerprint density at radius 2 is 1.90 bits per heavy atom. The Morgan fingerprint density at radius 3 is 2.62 bits per heavy atom. The molecule has 2 aliphatic rings. The predicted molar refractivity (Wildman–Crippen MR) is 87.7 cm³/mol. The Bertz CT molecular complexity index is 330. The summed E-state index contributed by atoms with van der Waals surface area (Å²) in [6.45, 7) is 11.2. The van der Waals surface area contributed by atoms with Crippen molar-refractivity contribution in [2.24, 2.45) is 0 Å². The quantitative estimate of drug-likeness (QED) is 0.747. The van der Waals surface area contributed by atoms with Gasteiger partial charge in [0.2, 0.25) is 0 Å². The molecule has 0 bridgehead atoms. The maximum Gasteiger partial charge on any atom is 0.135 e. The minimum Gasteiger partial charge on any atom is -0.302 e. The zero-order valence-electron chi connectivity index (χ0n) is 14.2. The Hall–Kier alpha value is -0.450. The lowest BCUT2D eigenvalue weighted by Crippen LogP contribution is -2.53. The van der Waals surface area contributed by atoms with Crippen molar-refractivity contribution in [3.8, 4) is 0 Å². The molecular formula is C17H33N3O. The molecule has 2 atom stereocenters. The first-order valence-electron chi connectivity index (χ1n) is 8.82. The van der Waals surface area contributed by atoms with E-state index in [1.807, 2.05) is 0 Å². The van der Waals surface area contributed by atoms with Gasteiger partial charge in [0.1, 0.15) is 5.78 Å². The molecule has 4 nitrogen and oxygen atoms in total. The first kappa shape index (κ1) is 16.9. The van der Waals surface area contributed by atoms with E-state index in [0.717, 1.165) is 39.0 Å². The van der Waals surface area contributed by atoms with Gasteiger partial charge in [-0.15, -0.1) is 0 Å². The highest BCUT2D eigenvalue weighted by atomic mass is 16.1. The number of hydrogen-bond acceptors (Lipinski definition) is 4. The van der Waals surface area contributed by atoms with Crippen LogP contribution in [0.2, 0.25) is 0 Å². The summed E-state index contributed by atoms with van der Waals surface area (Å²) in [6, 6.07) is 1.12. The van der Waals surface area contributed by atoms with Gasteiger partial charge in [-0.25, -0.2) is 0 Å². The van der Waals surface area contributed by atoms with Crippen molar-refractivity contribution >= 4 is 5.78 Å². The fourth-order valence-corrected chi connectivity index (χ4v) is 3.77. The highest BCUT2D eigenvalue weighted by molar-refractivity contribution is 5.80. The number of likely N-dealkylation sites (tertiary alicyclic amines) is 2. The molecule has 2 saturated heterocycles. The second-order valence-corrected chi connectivity index (χ2v) is 6.76. The average Bonchev–Trinajstić information content (AvgIpc) is 2.50. The molecule has 2 unspecified atom stereocenters. The van der Waals surface area contributed by atoms with Crippen LogP contribution in [-0.2, 0) is 4.79 Å². The van der Waals surface area contributed by atoms with Crippen LogP contribution < -0.4 is 0 Å². The average molecular weight is 295 g/mol. The molecule has 122 valence electrons. The fourth-order valence-electron chi connectivity index (χ4n) is 3.77. The van der Waals surface area contributed by atoms with Crippen molar-refractivity contribution in [3.05, 3.63) is 0 Å². The summed E-state index contributed by atoms with van der Waals surface area (Å²) in [7, 11) is 2.18. The van der Waals surface area contributed by atoms with Gasteiger partial charge in [-0.2, -0.15) is 0 Å². The topological polar surface area (TPSA) is 26.8 Å². The third kappa shape index (κ3) is 4.76. The summed E-state index contributed by atoms with van der Waals surface area (Å²) in [4.78, 5) is 19.4. The van der Waals surface area contributed by atoms with Crippen LogP contribution in [0.25, 0.3) is 0 Å². The van der Waals surface area contributed by atoms with Crippen molar-refractivity contribution in [1.29, 1.82) is 0 Å². The maximum absolute atomic E-state index is 11.8. The number of likely N-dealkylation sites (N-methyl/N-ethyl adjacent to an activating group) is 2. The predicted octanol–water partition coefficient (Wildman–Crippen LogP) is 1.85. The van der Waals surface area contributed by atoms with E-state index in [-0.39, 0.29) is 0 Å². The molecule has 0 aromatic heterocycles. The monoisotopic (exact) mass is 295 g/mol. The van der Waals surface area contributed by atoms with Gasteiger partial charge in [-0.05, 0) is 39.5 Å². The van der Waals surface area contributed by atoms with Gasteiger partial charge >= 0.3 is 0 Å². The highest BCUT2D eigenvalue weighted by Gasteiger charge is 2.30. The number of hydrogen-bond donors (Lipinski definition) is 0. The first-order chi connectivity index (χ1) is 10.1. The SMILES string of the molecule is CCN(CC)CC1CCCCN1CC1CC(=O)CCN1C. The van der Waals surface area contributed by atoms with Crippen LogP contribution in [0.5, 0.6) is 0 Å². The molecule has 2 heterocycles. The molecule has 0 aromatic rings. The zero-order chi connectivity index (χ0) is 15.2. The van der Waals surface area contributed by atoms with Gasteiger partial charge in [0.25, 0.3) is 0 Å². The van der Waals surface area contributed by atoms with E-state index in [2.05, 4.69) is 35.6 Å². The summed E-state index contributed by atoms with van der Waals surface area (Å²) < 4.78 is 0. The van der Waals surface area contributed by atoms with Crippen LogP contribution >= 0.6 is 0 Å². The van der Waals surface area contributed by atoms with E-state index >= 15 is 0 Å². The smallest absolute Gasteiger partial charge is 0.135 e. The number of carbonyl (C=O) groups is 1. The molecule has 2 rings (SSSR count). The molecule has 0 spiro atoms. The minimum absolute atomic E-state index is 0.434. The van der Waals surface area contributed by atoms with Gasteiger partial charge in [0.05, 0.1) is 0 Å². The van der Waals surface area contributed by atoms with Gasteiger partial charge in [0, 0.05) is 44.6 Å². The van der Waals surface area contributed by atoms with Crippen LogP contribution in [0.1, 0.15) is 46.0 Å². The summed E-state index contributed by atoms with van der Waals surface area (Å²) in [5.41, 5.74) is 0. The van der Waals surface area contributed by atoms with Crippen molar-refractivity contribution < 1.29 is 4.79 Å². The van der Waals surface area contributed by atoms with Crippen molar-refractivity contribution in [3.63, 3.8) is 0 Å². The number of piperidine rings is 2. The molecule has 0 N–H and O–H groups in total. The standard InChI is InChI=1S/C17H33N3O/c1-4-19(5-2)13-15-8-6-7-10-20(15)14-16-12-17(21)9-11-18(16)3/h15-16H,4-14H2,1-3H3. The molecule has 0 aliphatic carbocycles. The van der Waals surface area contributed by atoms with Crippen LogP contribution in [0, 0.1) is 0 Å². The van der Waals surface area contributed by atoms with Gasteiger partial charge in [0.15, 0.2) is 0 Å². The largest absolute Gasteiger partial charge is 0.302 e. The lowest BCUT2D eigenvalue weighted by Gasteiger charge is -2.42. The number of nitrogens with zero attached hydrogens (tertiary/aromatic N) is 3. The molecule has 0 radical (unpaired) electrons. The second-order valence-electron chi connectivity index (χ2n) is 6.76. The Balaban J connectivity index is 1.93. The molecule has 0 saturated carbocycles. The molecule has 0 amide bonds. The lowest BCUT2D eigenvalue weighted by molar-refractivity contribution is -0.123. The molecule has 2 aliphatic heterocycles. The van der Waals surface area contributed by atoms with E-state index in [4.69, 9.17) is 0 Å². The fraction of sp³-hybridized carbons (Fsp3) is 0.941. The second kappa shape index (κ2) is 8.25. The normalized spacial score (nSPS) is 29.2. The lowest BCUT2D eigenvalue weighted by atomic mass is 9.97. The third-order valence-corrected chi connectivity index (χ3v) is 5.39. The highest BCUT2D eigenvalue weighted by Crippen LogP contribution is 2.21. The minimum atomic E-state index is 0.434. The van der Waals surface area contributed by atoms with Crippen molar-refractivity contribution in [2.45, 2.75) is 58.0 Å². The third-order valence-electron chi connectivity index (χ3n) is 5.39.